The molecule has 0 radical (unpaired) electrons. The van der Waals surface area contributed by atoms with Crippen molar-refractivity contribution in [3.63, 3.8) is 0 Å². The standard InChI is InChI=1S/C8H7F2NO.ClH/c9-8(10)7-3-6(11)2-1-5(7)4-12;/h1-4,8H,11H2;1H. The molecule has 2 nitrogen and oxygen atoms in total. The molecule has 0 amide bonds. The Morgan fingerprint density at radius 3 is 2.46 bits per heavy atom. The summed E-state index contributed by atoms with van der Waals surface area (Å²) in [5.41, 5.74) is 5.17. The maximum absolute atomic E-state index is 12.2. The first-order chi connectivity index (χ1) is 5.65. The van der Waals surface area contributed by atoms with Crippen LogP contribution in [-0.2, 0) is 0 Å². The first-order valence-corrected chi connectivity index (χ1v) is 3.28. The second-order valence-corrected chi connectivity index (χ2v) is 2.31. The molecular weight excluding hydrogens is 200 g/mol. The monoisotopic (exact) mass is 207 g/mol. The van der Waals surface area contributed by atoms with Gasteiger partial charge in [0, 0.05) is 16.8 Å². The number of nitrogen functional groups attached to an aromatic ring is 1. The quantitative estimate of drug-likeness (QED) is 0.598. The minimum atomic E-state index is -2.66. The SMILES string of the molecule is Cl.Nc1ccc(C=O)c(C(F)F)c1. The Labute approximate surface area is 80.1 Å². The molecule has 0 saturated carbocycles. The number of carbonyl (C=O) groups is 1. The summed E-state index contributed by atoms with van der Waals surface area (Å²) in [6.45, 7) is 0. The zero-order valence-electron chi connectivity index (χ0n) is 6.54. The number of halogens is 3. The molecule has 1 aromatic rings. The van der Waals surface area contributed by atoms with E-state index in [1.807, 2.05) is 0 Å². The molecule has 13 heavy (non-hydrogen) atoms. The van der Waals surface area contributed by atoms with Crippen molar-refractivity contribution in [3.05, 3.63) is 29.3 Å². The zero-order valence-corrected chi connectivity index (χ0v) is 7.35. The van der Waals surface area contributed by atoms with Crippen molar-refractivity contribution in [3.8, 4) is 0 Å². The lowest BCUT2D eigenvalue weighted by molar-refractivity contribution is 0.110. The average Bonchev–Trinajstić information content (AvgIpc) is 2.04. The number of anilines is 1. The maximum Gasteiger partial charge on any atom is 0.264 e. The molecule has 0 atom stereocenters. The van der Waals surface area contributed by atoms with Crippen molar-refractivity contribution in [1.29, 1.82) is 0 Å². The van der Waals surface area contributed by atoms with Gasteiger partial charge in [0.2, 0.25) is 0 Å². The lowest BCUT2D eigenvalue weighted by Crippen LogP contribution is -1.95. The summed E-state index contributed by atoms with van der Waals surface area (Å²) in [5.74, 6) is 0. The highest BCUT2D eigenvalue weighted by Gasteiger charge is 2.11. The van der Waals surface area contributed by atoms with Crippen LogP contribution in [-0.4, -0.2) is 6.29 Å². The second kappa shape index (κ2) is 4.77. The van der Waals surface area contributed by atoms with Crippen LogP contribution in [0.4, 0.5) is 14.5 Å². The Morgan fingerprint density at radius 1 is 1.38 bits per heavy atom. The van der Waals surface area contributed by atoms with Gasteiger partial charge in [-0.15, -0.1) is 12.4 Å². The van der Waals surface area contributed by atoms with E-state index in [0.29, 0.717) is 6.29 Å². The molecule has 0 fully saturated rings. The van der Waals surface area contributed by atoms with Crippen LogP contribution in [0.3, 0.4) is 0 Å². The first kappa shape index (κ1) is 11.8. The number of aldehydes is 1. The molecule has 1 rings (SSSR count). The van der Waals surface area contributed by atoms with Crippen LogP contribution in [0, 0.1) is 0 Å². The molecule has 0 bridgehead atoms. The summed E-state index contributed by atoms with van der Waals surface area (Å²) < 4.78 is 24.4. The summed E-state index contributed by atoms with van der Waals surface area (Å²) >= 11 is 0. The van der Waals surface area contributed by atoms with E-state index >= 15 is 0 Å². The van der Waals surface area contributed by atoms with Crippen LogP contribution in [0.2, 0.25) is 0 Å². The van der Waals surface area contributed by atoms with Gasteiger partial charge in [0.05, 0.1) is 0 Å². The van der Waals surface area contributed by atoms with E-state index in [9.17, 15) is 13.6 Å². The van der Waals surface area contributed by atoms with Crippen molar-refractivity contribution < 1.29 is 13.6 Å². The molecule has 5 heteroatoms. The minimum Gasteiger partial charge on any atom is -0.399 e. The number of rotatable bonds is 2. The van der Waals surface area contributed by atoms with Crippen LogP contribution in [0.25, 0.3) is 0 Å². The topological polar surface area (TPSA) is 43.1 Å². The van der Waals surface area contributed by atoms with E-state index in [2.05, 4.69) is 0 Å². The molecule has 0 aliphatic rings. The summed E-state index contributed by atoms with van der Waals surface area (Å²) in [4.78, 5) is 10.3. The Kier molecular flexibility index (Phi) is 4.34. The summed E-state index contributed by atoms with van der Waals surface area (Å²) in [7, 11) is 0. The van der Waals surface area contributed by atoms with Crippen molar-refractivity contribution in [2.24, 2.45) is 0 Å². The highest BCUT2D eigenvalue weighted by molar-refractivity contribution is 5.85. The minimum absolute atomic E-state index is 0. The average molecular weight is 208 g/mol. The number of carbonyl (C=O) groups excluding carboxylic acids is 1. The third-order valence-corrected chi connectivity index (χ3v) is 1.47. The van der Waals surface area contributed by atoms with E-state index < -0.39 is 6.43 Å². The number of benzene rings is 1. The number of hydrogen-bond acceptors (Lipinski definition) is 2. The third-order valence-electron chi connectivity index (χ3n) is 1.47. The summed E-state index contributed by atoms with van der Waals surface area (Å²) in [5, 5.41) is 0. The predicted octanol–water partition coefficient (Wildman–Crippen LogP) is 2.44. The molecule has 0 heterocycles. The fourth-order valence-corrected chi connectivity index (χ4v) is 0.890. The molecule has 1 aromatic carbocycles. The molecule has 0 saturated heterocycles. The smallest absolute Gasteiger partial charge is 0.264 e. The van der Waals surface area contributed by atoms with Gasteiger partial charge in [-0.1, -0.05) is 0 Å². The van der Waals surface area contributed by atoms with Gasteiger partial charge in [0.15, 0.2) is 6.29 Å². The van der Waals surface area contributed by atoms with Crippen LogP contribution in [0.1, 0.15) is 22.3 Å². The van der Waals surface area contributed by atoms with E-state index in [1.165, 1.54) is 12.1 Å². The number of nitrogens with two attached hydrogens (primary N) is 1. The molecule has 72 valence electrons. The van der Waals surface area contributed by atoms with Gasteiger partial charge in [0.25, 0.3) is 6.43 Å². The van der Waals surface area contributed by atoms with Crippen LogP contribution >= 0.6 is 12.4 Å². The Balaban J connectivity index is 0.00000144. The predicted molar refractivity (Wildman–Crippen MR) is 48.4 cm³/mol. The van der Waals surface area contributed by atoms with Crippen molar-refractivity contribution >= 4 is 24.4 Å². The molecule has 0 aliphatic carbocycles. The number of alkyl halides is 2. The highest BCUT2D eigenvalue weighted by Crippen LogP contribution is 2.23. The van der Waals surface area contributed by atoms with Gasteiger partial charge >= 0.3 is 0 Å². The van der Waals surface area contributed by atoms with Gasteiger partial charge < -0.3 is 5.73 Å². The van der Waals surface area contributed by atoms with Gasteiger partial charge in [-0.25, -0.2) is 8.78 Å². The molecule has 0 spiro atoms. The largest absolute Gasteiger partial charge is 0.399 e. The zero-order chi connectivity index (χ0) is 9.14. The molecule has 2 N–H and O–H groups in total. The lowest BCUT2D eigenvalue weighted by atomic mass is 10.1. The Bertz CT molecular complexity index is 304. The number of hydrogen-bond donors (Lipinski definition) is 1. The van der Waals surface area contributed by atoms with E-state index in [-0.39, 0.29) is 29.2 Å². The molecule has 0 unspecified atom stereocenters. The summed E-state index contributed by atoms with van der Waals surface area (Å²) in [6, 6.07) is 3.80. The van der Waals surface area contributed by atoms with Crippen molar-refractivity contribution in [2.45, 2.75) is 6.43 Å². The molecule has 0 aliphatic heterocycles. The van der Waals surface area contributed by atoms with Gasteiger partial charge in [-0.05, 0) is 18.2 Å². The fourth-order valence-electron chi connectivity index (χ4n) is 0.890. The normalized spacial score (nSPS) is 9.46. The molecule has 0 aromatic heterocycles. The van der Waals surface area contributed by atoms with Crippen molar-refractivity contribution in [2.75, 3.05) is 5.73 Å². The lowest BCUT2D eigenvalue weighted by Gasteiger charge is -2.03. The maximum atomic E-state index is 12.2. The van der Waals surface area contributed by atoms with E-state index in [1.54, 1.807) is 0 Å². The molecular formula is C8H8ClF2NO. The van der Waals surface area contributed by atoms with E-state index in [4.69, 9.17) is 5.73 Å². The Morgan fingerprint density at radius 2 is 2.00 bits per heavy atom. The van der Waals surface area contributed by atoms with Crippen LogP contribution in [0.5, 0.6) is 0 Å². The fraction of sp³-hybridized carbons (Fsp3) is 0.125. The van der Waals surface area contributed by atoms with Gasteiger partial charge in [0.1, 0.15) is 0 Å². The van der Waals surface area contributed by atoms with Crippen molar-refractivity contribution in [1.82, 2.24) is 0 Å². The second-order valence-electron chi connectivity index (χ2n) is 2.31. The Hall–Kier alpha value is -1.16. The highest BCUT2D eigenvalue weighted by atomic mass is 35.5. The van der Waals surface area contributed by atoms with Gasteiger partial charge in [-0.2, -0.15) is 0 Å². The first-order valence-electron chi connectivity index (χ1n) is 3.28. The van der Waals surface area contributed by atoms with Crippen LogP contribution in [0.15, 0.2) is 18.2 Å². The van der Waals surface area contributed by atoms with Crippen LogP contribution < -0.4 is 5.73 Å². The summed E-state index contributed by atoms with van der Waals surface area (Å²) in [6.07, 6.45) is -2.27. The third kappa shape index (κ3) is 2.66. The van der Waals surface area contributed by atoms with Gasteiger partial charge in [-0.3, -0.25) is 4.79 Å². The van der Waals surface area contributed by atoms with E-state index in [0.717, 1.165) is 6.07 Å².